The average molecular weight is 464 g/mol. The van der Waals surface area contributed by atoms with Crippen molar-refractivity contribution in [2.45, 2.75) is 24.2 Å². The van der Waals surface area contributed by atoms with Crippen molar-refractivity contribution in [3.63, 3.8) is 0 Å². The number of nitrogens with zero attached hydrogens (tertiary/aromatic N) is 1. The molecule has 2 aromatic carbocycles. The van der Waals surface area contributed by atoms with Crippen LogP contribution in [0.4, 0.5) is 23.7 Å². The molecule has 11 heteroatoms. The summed E-state index contributed by atoms with van der Waals surface area (Å²) in [5.74, 6) is 0. The van der Waals surface area contributed by atoms with E-state index in [1.807, 2.05) is 0 Å². The summed E-state index contributed by atoms with van der Waals surface area (Å²) in [5.41, 5.74) is 0.112. The van der Waals surface area contributed by atoms with Gasteiger partial charge in [-0.2, -0.15) is 13.2 Å². The van der Waals surface area contributed by atoms with E-state index in [0.717, 1.165) is 11.6 Å². The second-order valence-corrected chi connectivity index (χ2v) is 8.43. The monoisotopic (exact) mass is 464 g/mol. The minimum absolute atomic E-state index is 0.148. The van der Waals surface area contributed by atoms with Crippen LogP contribution in [0.3, 0.4) is 0 Å². The zero-order chi connectivity index (χ0) is 23.2. The van der Waals surface area contributed by atoms with Crippen LogP contribution in [0.5, 0.6) is 0 Å². The van der Waals surface area contributed by atoms with E-state index in [1.54, 1.807) is 24.5 Å². The molecule has 3 aromatic rings. The number of carbonyl (C=O) groups excluding carboxylic acids is 1. The highest BCUT2D eigenvalue weighted by atomic mass is 32.2. The largest absolute Gasteiger partial charge is 0.416 e. The van der Waals surface area contributed by atoms with Crippen LogP contribution in [0.1, 0.15) is 16.7 Å². The van der Waals surface area contributed by atoms with Gasteiger partial charge in [0.05, 0.1) is 10.5 Å². The third kappa shape index (κ3) is 6.28. The number of rotatable bonds is 7. The Kier molecular flexibility index (Phi) is 7.11. The summed E-state index contributed by atoms with van der Waals surface area (Å²) in [7, 11) is -4.06. The molecule has 3 N–H and O–H groups in total. The molecule has 0 bridgehead atoms. The van der Waals surface area contributed by atoms with E-state index in [9.17, 15) is 26.4 Å². The number of aromatic nitrogens is 1. The van der Waals surface area contributed by atoms with Crippen molar-refractivity contribution in [1.82, 2.24) is 15.0 Å². The first-order chi connectivity index (χ1) is 15.1. The number of urea groups is 1. The topological polar surface area (TPSA) is 100 Å². The fourth-order valence-electron chi connectivity index (χ4n) is 2.78. The summed E-state index contributed by atoms with van der Waals surface area (Å²) in [6.07, 6.45) is -1.39. The molecular formula is C21H19F3N4O3S. The third-order valence-corrected chi connectivity index (χ3v) is 5.82. The third-order valence-electron chi connectivity index (χ3n) is 4.40. The van der Waals surface area contributed by atoms with Gasteiger partial charge >= 0.3 is 12.2 Å². The van der Waals surface area contributed by atoms with Crippen LogP contribution in [0, 0.1) is 0 Å². The Bertz CT molecular complexity index is 1170. The number of sulfonamides is 1. The molecule has 0 unspecified atom stereocenters. The van der Waals surface area contributed by atoms with Gasteiger partial charge in [0, 0.05) is 31.2 Å². The molecule has 0 atom stereocenters. The highest BCUT2D eigenvalue weighted by Crippen LogP contribution is 2.31. The van der Waals surface area contributed by atoms with Gasteiger partial charge in [0.15, 0.2) is 0 Å². The number of hydrogen-bond acceptors (Lipinski definition) is 4. The van der Waals surface area contributed by atoms with E-state index in [4.69, 9.17) is 0 Å². The van der Waals surface area contributed by atoms with Crippen LogP contribution in [-0.2, 0) is 29.3 Å². The number of amides is 2. The lowest BCUT2D eigenvalue weighted by molar-refractivity contribution is -0.138. The Balaban J connectivity index is 1.59. The molecule has 0 saturated carbocycles. The predicted molar refractivity (Wildman–Crippen MR) is 112 cm³/mol. The quantitative estimate of drug-likeness (QED) is 0.494. The lowest BCUT2D eigenvalue weighted by Gasteiger charge is -2.13. The summed E-state index contributed by atoms with van der Waals surface area (Å²) in [5, 5.41) is 5.21. The van der Waals surface area contributed by atoms with Crippen molar-refractivity contribution >= 4 is 21.7 Å². The zero-order valence-electron chi connectivity index (χ0n) is 16.6. The first-order valence-electron chi connectivity index (χ1n) is 9.34. The smallest absolute Gasteiger partial charge is 0.334 e. The van der Waals surface area contributed by atoms with E-state index in [1.165, 1.54) is 42.5 Å². The van der Waals surface area contributed by atoms with Crippen molar-refractivity contribution in [3.8, 4) is 0 Å². The Morgan fingerprint density at radius 1 is 0.906 bits per heavy atom. The predicted octanol–water partition coefficient (Wildman–Crippen LogP) is 3.90. The van der Waals surface area contributed by atoms with E-state index in [2.05, 4.69) is 20.3 Å². The molecule has 0 aliphatic rings. The highest BCUT2D eigenvalue weighted by Gasteiger charge is 2.33. The van der Waals surface area contributed by atoms with Crippen molar-refractivity contribution < 1.29 is 26.4 Å². The lowest BCUT2D eigenvalue weighted by atomic mass is 10.1. The summed E-state index contributed by atoms with van der Waals surface area (Å²) in [6.45, 7) is -0.237. The van der Waals surface area contributed by atoms with Crippen molar-refractivity contribution in [2.75, 3.05) is 5.32 Å². The zero-order valence-corrected chi connectivity index (χ0v) is 17.4. The number of pyridine rings is 1. The Morgan fingerprint density at radius 3 is 2.22 bits per heavy atom. The summed E-state index contributed by atoms with van der Waals surface area (Å²) in [4.78, 5) is 15.7. The highest BCUT2D eigenvalue weighted by molar-refractivity contribution is 7.89. The lowest BCUT2D eigenvalue weighted by Crippen LogP contribution is -2.28. The van der Waals surface area contributed by atoms with E-state index in [0.29, 0.717) is 5.69 Å². The van der Waals surface area contributed by atoms with Gasteiger partial charge in [-0.3, -0.25) is 4.98 Å². The summed E-state index contributed by atoms with van der Waals surface area (Å²) in [6, 6.07) is 13.0. The van der Waals surface area contributed by atoms with Gasteiger partial charge < -0.3 is 10.6 Å². The van der Waals surface area contributed by atoms with Gasteiger partial charge in [-0.05, 0) is 53.6 Å². The Hall–Kier alpha value is -3.44. The molecule has 0 saturated heterocycles. The molecule has 0 spiro atoms. The molecular weight excluding hydrogens is 445 g/mol. The number of hydrogen-bond donors (Lipinski definition) is 3. The number of halogens is 3. The van der Waals surface area contributed by atoms with Crippen LogP contribution in [0.2, 0.25) is 0 Å². The molecule has 0 aliphatic carbocycles. The van der Waals surface area contributed by atoms with Crippen LogP contribution in [0.25, 0.3) is 0 Å². The minimum atomic E-state index is -4.59. The molecule has 1 aromatic heterocycles. The number of nitrogens with one attached hydrogen (secondary N) is 3. The van der Waals surface area contributed by atoms with Crippen LogP contribution < -0.4 is 15.4 Å². The van der Waals surface area contributed by atoms with Gasteiger partial charge in [0.25, 0.3) is 0 Å². The van der Waals surface area contributed by atoms with Crippen LogP contribution in [-0.4, -0.2) is 19.4 Å². The van der Waals surface area contributed by atoms with Gasteiger partial charge in [0.2, 0.25) is 10.0 Å². The number of carbonyl (C=O) groups is 1. The number of benzene rings is 2. The molecule has 3 rings (SSSR count). The molecule has 32 heavy (non-hydrogen) atoms. The van der Waals surface area contributed by atoms with E-state index in [-0.39, 0.29) is 17.0 Å². The minimum Gasteiger partial charge on any atom is -0.334 e. The molecule has 7 nitrogen and oxygen atoms in total. The summed E-state index contributed by atoms with van der Waals surface area (Å²) < 4.78 is 66.3. The maximum atomic E-state index is 13.1. The van der Waals surface area contributed by atoms with Crippen molar-refractivity contribution in [3.05, 3.63) is 89.7 Å². The van der Waals surface area contributed by atoms with E-state index >= 15 is 0 Å². The molecule has 2 amide bonds. The number of anilines is 1. The second kappa shape index (κ2) is 9.79. The van der Waals surface area contributed by atoms with Crippen LogP contribution in [0.15, 0.2) is 78.0 Å². The van der Waals surface area contributed by atoms with Gasteiger partial charge in [0.1, 0.15) is 0 Å². The second-order valence-electron chi connectivity index (χ2n) is 6.67. The van der Waals surface area contributed by atoms with Crippen molar-refractivity contribution in [2.24, 2.45) is 0 Å². The Labute approximate surface area is 182 Å². The molecule has 168 valence electrons. The average Bonchev–Trinajstić information content (AvgIpc) is 2.77. The Morgan fingerprint density at radius 2 is 1.56 bits per heavy atom. The summed E-state index contributed by atoms with van der Waals surface area (Å²) >= 11 is 0. The van der Waals surface area contributed by atoms with Gasteiger partial charge in [-0.25, -0.2) is 17.9 Å². The van der Waals surface area contributed by atoms with Gasteiger partial charge in [-0.1, -0.05) is 18.2 Å². The van der Waals surface area contributed by atoms with Crippen LogP contribution >= 0.6 is 0 Å². The SMILES string of the molecule is O=C(NCc1ccncc1)Nc1ccc(S(=O)(=O)NCc2ccccc2C(F)(F)F)cc1. The first kappa shape index (κ1) is 23.2. The fourth-order valence-corrected chi connectivity index (χ4v) is 3.79. The van der Waals surface area contributed by atoms with Gasteiger partial charge in [-0.15, -0.1) is 0 Å². The molecule has 0 aliphatic heterocycles. The standard InChI is InChI=1S/C21H19F3N4O3S/c22-21(23,24)19-4-2-1-3-16(19)14-27-32(30,31)18-7-5-17(6-8-18)28-20(29)26-13-15-9-11-25-12-10-15/h1-12,27H,13-14H2,(H2,26,28,29). The molecule has 0 fully saturated rings. The normalized spacial score (nSPS) is 11.7. The van der Waals surface area contributed by atoms with E-state index < -0.39 is 34.3 Å². The number of alkyl halides is 3. The maximum Gasteiger partial charge on any atom is 0.416 e. The molecule has 1 heterocycles. The fraction of sp³-hybridized carbons (Fsp3) is 0.143. The van der Waals surface area contributed by atoms with Crippen molar-refractivity contribution in [1.29, 1.82) is 0 Å². The maximum absolute atomic E-state index is 13.1. The first-order valence-corrected chi connectivity index (χ1v) is 10.8. The molecule has 0 radical (unpaired) electrons.